The molecule has 0 aromatic rings. The van der Waals surface area contributed by atoms with E-state index in [2.05, 4.69) is 9.46 Å². The monoisotopic (exact) mass is 308 g/mol. The van der Waals surface area contributed by atoms with Gasteiger partial charge in [0.05, 0.1) is 24.9 Å². The number of hydrogen-bond acceptors (Lipinski definition) is 6. The highest BCUT2D eigenvalue weighted by molar-refractivity contribution is 7.90. The largest absolute Gasteiger partial charge is 0.469 e. The first-order chi connectivity index (χ1) is 9.38. The fourth-order valence-corrected chi connectivity index (χ4v) is 3.99. The smallest absolute Gasteiger partial charge is 0.310 e. The number of nitrogens with one attached hydrogen (secondary N) is 1. The number of nitrogens with two attached hydrogens (primary N) is 1. The molecule has 0 aromatic carbocycles. The van der Waals surface area contributed by atoms with Crippen LogP contribution in [0.2, 0.25) is 0 Å². The van der Waals surface area contributed by atoms with Gasteiger partial charge >= 0.3 is 5.97 Å². The molecular weight excluding hydrogens is 288 g/mol. The molecule has 8 nitrogen and oxygen atoms in total. The van der Waals surface area contributed by atoms with Crippen LogP contribution in [0.25, 0.3) is 0 Å². The lowest BCUT2D eigenvalue weighted by Gasteiger charge is -2.18. The van der Waals surface area contributed by atoms with Gasteiger partial charge in [-0.25, -0.2) is 13.1 Å². The first-order valence-electron chi connectivity index (χ1n) is 6.31. The summed E-state index contributed by atoms with van der Waals surface area (Å²) in [6.07, 6.45) is 1.61. The molecule has 2 unspecified atom stereocenters. The number of methoxy groups -OCH3 is 1. The first-order valence-corrected chi connectivity index (χ1v) is 7.85. The van der Waals surface area contributed by atoms with Crippen LogP contribution in [-0.4, -0.2) is 52.4 Å². The molecular formula is C11H20N2O6S. The van der Waals surface area contributed by atoms with Crippen LogP contribution in [0.1, 0.15) is 19.3 Å². The molecule has 20 heavy (non-hydrogen) atoms. The van der Waals surface area contributed by atoms with Gasteiger partial charge in [0.15, 0.2) is 0 Å². The normalized spacial score (nSPS) is 22.6. The summed E-state index contributed by atoms with van der Waals surface area (Å²) in [7, 11) is -2.37. The number of esters is 1. The maximum Gasteiger partial charge on any atom is 0.310 e. The molecule has 1 amide bonds. The molecule has 0 spiro atoms. The van der Waals surface area contributed by atoms with Crippen LogP contribution in [0.5, 0.6) is 0 Å². The summed E-state index contributed by atoms with van der Waals surface area (Å²) in [4.78, 5) is 22.0. The summed E-state index contributed by atoms with van der Waals surface area (Å²) < 4.78 is 36.0. The predicted molar refractivity (Wildman–Crippen MR) is 70.1 cm³/mol. The van der Waals surface area contributed by atoms with E-state index in [1.54, 1.807) is 0 Å². The number of hydrogen-bond donors (Lipinski definition) is 2. The summed E-state index contributed by atoms with van der Waals surface area (Å²) >= 11 is 0. The topological polar surface area (TPSA) is 125 Å². The lowest BCUT2D eigenvalue weighted by atomic mass is 10.1. The average Bonchev–Trinajstić information content (AvgIpc) is 2.87. The molecule has 3 N–H and O–H groups in total. The Morgan fingerprint density at radius 1 is 1.35 bits per heavy atom. The van der Waals surface area contributed by atoms with Crippen molar-refractivity contribution in [2.45, 2.75) is 24.5 Å². The van der Waals surface area contributed by atoms with E-state index in [9.17, 15) is 18.0 Å². The van der Waals surface area contributed by atoms with E-state index in [-0.39, 0.29) is 19.8 Å². The molecule has 1 aliphatic rings. The first kappa shape index (κ1) is 16.9. The van der Waals surface area contributed by atoms with Gasteiger partial charge in [0.25, 0.3) is 0 Å². The molecule has 2 atom stereocenters. The second-order valence-corrected chi connectivity index (χ2v) is 6.54. The van der Waals surface area contributed by atoms with Crippen molar-refractivity contribution in [1.82, 2.24) is 4.72 Å². The third kappa shape index (κ3) is 4.73. The van der Waals surface area contributed by atoms with Crippen LogP contribution in [0.4, 0.5) is 0 Å². The highest BCUT2D eigenvalue weighted by atomic mass is 32.2. The number of rotatable bonds is 8. The summed E-state index contributed by atoms with van der Waals surface area (Å²) in [6, 6.07) is 0. The van der Waals surface area contributed by atoms with Crippen LogP contribution in [-0.2, 0) is 29.1 Å². The van der Waals surface area contributed by atoms with Crippen molar-refractivity contribution in [2.24, 2.45) is 11.7 Å². The van der Waals surface area contributed by atoms with Crippen molar-refractivity contribution in [3.8, 4) is 0 Å². The van der Waals surface area contributed by atoms with Crippen LogP contribution < -0.4 is 10.5 Å². The van der Waals surface area contributed by atoms with Crippen LogP contribution in [0, 0.1) is 5.92 Å². The van der Waals surface area contributed by atoms with Crippen molar-refractivity contribution in [3.05, 3.63) is 0 Å². The fraction of sp³-hybridized carbons (Fsp3) is 0.818. The van der Waals surface area contributed by atoms with Crippen molar-refractivity contribution in [1.29, 1.82) is 0 Å². The minimum absolute atomic E-state index is 0.0278. The Labute approximate surface area is 118 Å². The minimum Gasteiger partial charge on any atom is -0.469 e. The van der Waals surface area contributed by atoms with E-state index in [4.69, 9.17) is 10.5 Å². The fourth-order valence-electron chi connectivity index (χ4n) is 2.25. The summed E-state index contributed by atoms with van der Waals surface area (Å²) in [5.41, 5.74) is 4.87. The van der Waals surface area contributed by atoms with Crippen molar-refractivity contribution in [3.63, 3.8) is 0 Å². The van der Waals surface area contributed by atoms with E-state index < -0.39 is 33.1 Å². The third-order valence-corrected chi connectivity index (χ3v) is 5.12. The van der Waals surface area contributed by atoms with Gasteiger partial charge in [0, 0.05) is 6.54 Å². The number of primary amides is 1. The van der Waals surface area contributed by atoms with Gasteiger partial charge in [0.1, 0.15) is 6.61 Å². The molecule has 0 heterocycles. The second kappa shape index (κ2) is 7.55. The number of carbonyl (C=O) groups is 2. The van der Waals surface area contributed by atoms with Crippen LogP contribution in [0.3, 0.4) is 0 Å². The minimum atomic E-state index is -3.61. The summed E-state index contributed by atoms with van der Waals surface area (Å²) in [5, 5.41) is -0.772. The summed E-state index contributed by atoms with van der Waals surface area (Å²) in [6.45, 7) is -0.187. The molecule has 0 bridgehead atoms. The number of carbonyl (C=O) groups excluding carboxylic acids is 2. The molecule has 1 rings (SSSR count). The number of ether oxygens (including phenoxy) is 2. The van der Waals surface area contributed by atoms with Gasteiger partial charge in [-0.2, -0.15) is 0 Å². The highest BCUT2D eigenvalue weighted by Crippen LogP contribution is 2.31. The van der Waals surface area contributed by atoms with Gasteiger partial charge in [-0.05, 0) is 12.8 Å². The average molecular weight is 308 g/mol. The second-order valence-electron chi connectivity index (χ2n) is 4.56. The Balaban J connectivity index is 2.47. The lowest BCUT2D eigenvalue weighted by molar-refractivity contribution is -0.145. The van der Waals surface area contributed by atoms with Gasteiger partial charge in [-0.3, -0.25) is 9.59 Å². The van der Waals surface area contributed by atoms with E-state index in [1.807, 2.05) is 0 Å². The molecule has 0 aliphatic heterocycles. The molecule has 116 valence electrons. The van der Waals surface area contributed by atoms with Gasteiger partial charge in [-0.1, -0.05) is 6.42 Å². The zero-order valence-corrected chi connectivity index (χ0v) is 12.1. The number of amides is 1. The Hall–Kier alpha value is -1.19. The molecule has 1 saturated carbocycles. The third-order valence-electron chi connectivity index (χ3n) is 3.15. The van der Waals surface area contributed by atoms with Gasteiger partial charge in [0.2, 0.25) is 15.9 Å². The van der Waals surface area contributed by atoms with E-state index in [1.165, 1.54) is 7.11 Å². The maximum atomic E-state index is 12.1. The molecule has 1 fully saturated rings. The summed E-state index contributed by atoms with van der Waals surface area (Å²) in [5.74, 6) is -1.73. The Bertz CT molecular complexity index is 450. The van der Waals surface area contributed by atoms with E-state index in [0.717, 1.165) is 0 Å². The maximum absolute atomic E-state index is 12.1. The van der Waals surface area contributed by atoms with E-state index in [0.29, 0.717) is 19.3 Å². The SMILES string of the molecule is COC(=O)C1CCCC1S(=O)(=O)NCCOCC(N)=O. The van der Waals surface area contributed by atoms with Crippen molar-refractivity contribution in [2.75, 3.05) is 26.9 Å². The molecule has 0 saturated heterocycles. The van der Waals surface area contributed by atoms with Crippen molar-refractivity contribution < 1.29 is 27.5 Å². The highest BCUT2D eigenvalue weighted by Gasteiger charge is 2.41. The van der Waals surface area contributed by atoms with Crippen LogP contribution >= 0.6 is 0 Å². The zero-order chi connectivity index (χ0) is 15.2. The molecule has 0 aromatic heterocycles. The Morgan fingerprint density at radius 3 is 2.65 bits per heavy atom. The standard InChI is InChI=1S/C11H20N2O6S/c1-18-11(15)8-3-2-4-9(8)20(16,17)13-5-6-19-7-10(12)14/h8-9,13H,2-7H2,1H3,(H2,12,14). The van der Waals surface area contributed by atoms with Gasteiger partial charge in [-0.15, -0.1) is 0 Å². The lowest BCUT2D eigenvalue weighted by Crippen LogP contribution is -2.40. The number of sulfonamides is 1. The van der Waals surface area contributed by atoms with E-state index >= 15 is 0 Å². The predicted octanol–water partition coefficient (Wildman–Crippen LogP) is -1.25. The van der Waals surface area contributed by atoms with Crippen molar-refractivity contribution >= 4 is 21.9 Å². The Morgan fingerprint density at radius 2 is 2.05 bits per heavy atom. The molecule has 0 radical (unpaired) electrons. The van der Waals surface area contributed by atoms with Crippen LogP contribution in [0.15, 0.2) is 0 Å². The zero-order valence-electron chi connectivity index (χ0n) is 11.3. The molecule has 9 heteroatoms. The van der Waals surface area contributed by atoms with Gasteiger partial charge < -0.3 is 15.2 Å². The molecule has 1 aliphatic carbocycles. The Kier molecular flexibility index (Phi) is 6.37. The quantitative estimate of drug-likeness (QED) is 0.426.